The predicted molar refractivity (Wildman–Crippen MR) is 129 cm³/mol. The molecule has 0 unspecified atom stereocenters. The molecule has 12 heteroatoms. The summed E-state index contributed by atoms with van der Waals surface area (Å²) in [4.78, 5) is 31.5. The normalized spacial score (nSPS) is 14.6. The number of hydrogen-bond donors (Lipinski definition) is 1. The van der Waals surface area contributed by atoms with Crippen LogP contribution in [0, 0.1) is 17.2 Å². The fraction of sp³-hybridized carbons (Fsp3) is 0.455. The minimum absolute atomic E-state index is 0.0194. The van der Waals surface area contributed by atoms with Gasteiger partial charge in [0.05, 0.1) is 27.8 Å². The Morgan fingerprint density at radius 1 is 1.35 bits per heavy atom. The number of halogens is 1. The smallest absolute Gasteiger partial charge is 0.340 e. The van der Waals surface area contributed by atoms with Gasteiger partial charge in [-0.05, 0) is 43.9 Å². The fourth-order valence-corrected chi connectivity index (χ4v) is 6.24. The van der Waals surface area contributed by atoms with E-state index in [0.717, 1.165) is 11.3 Å². The van der Waals surface area contributed by atoms with Crippen LogP contribution in [-0.4, -0.2) is 45.0 Å². The van der Waals surface area contributed by atoms with Crippen LogP contribution in [0.5, 0.6) is 0 Å². The van der Waals surface area contributed by atoms with Crippen LogP contribution in [0.15, 0.2) is 22.4 Å². The molecule has 3 heterocycles. The van der Waals surface area contributed by atoms with Gasteiger partial charge in [-0.1, -0.05) is 25.4 Å². The molecule has 2 aromatic heterocycles. The molecule has 1 N–H and O–H groups in total. The van der Waals surface area contributed by atoms with Crippen LogP contribution in [0.25, 0.3) is 0 Å². The van der Waals surface area contributed by atoms with Gasteiger partial charge in [0.1, 0.15) is 16.1 Å². The van der Waals surface area contributed by atoms with Gasteiger partial charge in [0.25, 0.3) is 10.0 Å². The Morgan fingerprint density at radius 3 is 2.56 bits per heavy atom. The summed E-state index contributed by atoms with van der Waals surface area (Å²) in [6.07, 6.45) is 0.769. The molecule has 9 nitrogen and oxygen atoms in total. The van der Waals surface area contributed by atoms with Gasteiger partial charge in [-0.15, -0.1) is 11.3 Å². The standard InChI is InChI=1S/C22H25ClN4O5S2/c1-4-32-22(29)16-11-15(12-24)20(25-19(16)13(2)3)27-9-7-14(8-10-27)21(28)26-34(30,31)18-6-5-17(23)33-18/h5-6,11,13-14H,4,7-10H2,1-3H3,(H,26,28). The summed E-state index contributed by atoms with van der Waals surface area (Å²) in [7, 11) is -3.98. The summed E-state index contributed by atoms with van der Waals surface area (Å²) >= 11 is 6.68. The van der Waals surface area contributed by atoms with Gasteiger partial charge in [-0.25, -0.2) is 22.9 Å². The van der Waals surface area contributed by atoms with E-state index in [0.29, 0.717) is 41.8 Å². The van der Waals surface area contributed by atoms with E-state index in [1.165, 1.54) is 18.2 Å². The first-order valence-corrected chi connectivity index (χ1v) is 13.4. The van der Waals surface area contributed by atoms with Crippen LogP contribution < -0.4 is 9.62 Å². The van der Waals surface area contributed by atoms with Crippen molar-refractivity contribution in [2.24, 2.45) is 5.92 Å². The number of hydrogen-bond acceptors (Lipinski definition) is 9. The number of aromatic nitrogens is 1. The number of nitriles is 1. The first-order chi connectivity index (χ1) is 16.1. The molecular weight excluding hydrogens is 500 g/mol. The highest BCUT2D eigenvalue weighted by Gasteiger charge is 2.31. The van der Waals surface area contributed by atoms with E-state index in [4.69, 9.17) is 16.3 Å². The summed E-state index contributed by atoms with van der Waals surface area (Å²) in [5, 5.41) is 9.68. The van der Waals surface area contributed by atoms with Crippen molar-refractivity contribution in [3.63, 3.8) is 0 Å². The van der Waals surface area contributed by atoms with Gasteiger partial charge >= 0.3 is 5.97 Å². The molecule has 2 aromatic rings. The Labute approximate surface area is 207 Å². The molecule has 1 aliphatic heterocycles. The number of amides is 1. The zero-order valence-corrected chi connectivity index (χ0v) is 21.4. The van der Waals surface area contributed by atoms with Crippen molar-refractivity contribution in [2.75, 3.05) is 24.6 Å². The van der Waals surface area contributed by atoms with Crippen molar-refractivity contribution in [3.05, 3.63) is 39.4 Å². The second-order valence-corrected chi connectivity index (χ2v) is 11.7. The number of nitrogens with zero attached hydrogens (tertiary/aromatic N) is 3. The first-order valence-electron chi connectivity index (χ1n) is 10.8. The van der Waals surface area contributed by atoms with Gasteiger partial charge < -0.3 is 9.64 Å². The Morgan fingerprint density at radius 2 is 2.03 bits per heavy atom. The maximum atomic E-state index is 12.6. The average Bonchev–Trinajstić information content (AvgIpc) is 3.25. The number of rotatable bonds is 7. The molecule has 1 aliphatic rings. The van der Waals surface area contributed by atoms with E-state index in [1.807, 2.05) is 18.7 Å². The number of carbonyl (C=O) groups is 2. The van der Waals surface area contributed by atoms with Crippen molar-refractivity contribution in [3.8, 4) is 6.07 Å². The molecule has 0 aliphatic carbocycles. The number of nitrogens with one attached hydrogen (secondary N) is 1. The summed E-state index contributed by atoms with van der Waals surface area (Å²) in [6.45, 7) is 6.53. The molecular formula is C22H25ClN4O5S2. The molecule has 0 bridgehead atoms. The maximum Gasteiger partial charge on any atom is 0.340 e. The number of thiophene rings is 1. The molecule has 1 amide bonds. The number of piperidine rings is 1. The fourth-order valence-electron chi connectivity index (χ4n) is 3.71. The van der Waals surface area contributed by atoms with Crippen molar-refractivity contribution >= 4 is 50.7 Å². The molecule has 182 valence electrons. The molecule has 0 radical (unpaired) electrons. The Balaban J connectivity index is 1.75. The molecule has 0 aromatic carbocycles. The third kappa shape index (κ3) is 5.68. The highest BCUT2D eigenvalue weighted by atomic mass is 35.5. The van der Waals surface area contributed by atoms with Gasteiger partial charge in [0.15, 0.2) is 0 Å². The summed E-state index contributed by atoms with van der Waals surface area (Å²) in [6, 6.07) is 6.42. The topological polar surface area (TPSA) is 129 Å². The Hall–Kier alpha value is -2.68. The number of pyridine rings is 1. The van der Waals surface area contributed by atoms with Crippen molar-refractivity contribution in [2.45, 2.75) is 43.7 Å². The van der Waals surface area contributed by atoms with E-state index in [9.17, 15) is 23.3 Å². The minimum Gasteiger partial charge on any atom is -0.462 e. The monoisotopic (exact) mass is 524 g/mol. The second-order valence-electron chi connectivity index (χ2n) is 8.07. The Kier molecular flexibility index (Phi) is 8.17. The highest BCUT2D eigenvalue weighted by molar-refractivity contribution is 7.92. The van der Waals surface area contributed by atoms with E-state index < -0.39 is 27.8 Å². The van der Waals surface area contributed by atoms with E-state index in [1.54, 1.807) is 6.92 Å². The number of carbonyl (C=O) groups excluding carboxylic acids is 2. The highest BCUT2D eigenvalue weighted by Crippen LogP contribution is 2.30. The predicted octanol–water partition coefficient (Wildman–Crippen LogP) is 3.69. The van der Waals surface area contributed by atoms with Gasteiger partial charge in [0, 0.05) is 19.0 Å². The van der Waals surface area contributed by atoms with Crippen LogP contribution in [0.3, 0.4) is 0 Å². The van der Waals surface area contributed by atoms with Gasteiger partial charge in [0.2, 0.25) is 5.91 Å². The lowest BCUT2D eigenvalue weighted by Gasteiger charge is -2.33. The van der Waals surface area contributed by atoms with E-state index in [2.05, 4.69) is 15.8 Å². The van der Waals surface area contributed by atoms with Crippen LogP contribution in [0.2, 0.25) is 4.34 Å². The van der Waals surface area contributed by atoms with Gasteiger partial charge in [-0.3, -0.25) is 4.79 Å². The molecule has 0 atom stereocenters. The SMILES string of the molecule is CCOC(=O)c1cc(C#N)c(N2CCC(C(=O)NS(=O)(=O)c3ccc(Cl)s3)CC2)nc1C(C)C. The lowest BCUT2D eigenvalue weighted by atomic mass is 9.95. The minimum atomic E-state index is -3.98. The molecule has 3 rings (SSSR count). The maximum absolute atomic E-state index is 12.6. The van der Waals surface area contributed by atoms with E-state index in [-0.39, 0.29) is 27.9 Å². The van der Waals surface area contributed by atoms with E-state index >= 15 is 0 Å². The van der Waals surface area contributed by atoms with Crippen LogP contribution in [-0.2, 0) is 19.6 Å². The quantitative estimate of drug-likeness (QED) is 0.543. The molecule has 1 fully saturated rings. The summed E-state index contributed by atoms with van der Waals surface area (Å²) < 4.78 is 32.4. The molecule has 0 saturated carbocycles. The molecule has 34 heavy (non-hydrogen) atoms. The van der Waals surface area contributed by atoms with Crippen LogP contribution in [0.1, 0.15) is 61.1 Å². The zero-order valence-electron chi connectivity index (χ0n) is 19.0. The number of anilines is 1. The third-order valence-electron chi connectivity index (χ3n) is 5.41. The lowest BCUT2D eigenvalue weighted by Crippen LogP contribution is -2.42. The van der Waals surface area contributed by atoms with Crippen LogP contribution >= 0.6 is 22.9 Å². The summed E-state index contributed by atoms with van der Waals surface area (Å²) in [5.74, 6) is -1.23. The average molecular weight is 525 g/mol. The van der Waals surface area contributed by atoms with Crippen molar-refractivity contribution in [1.82, 2.24) is 9.71 Å². The number of sulfonamides is 1. The van der Waals surface area contributed by atoms with Crippen LogP contribution in [0.4, 0.5) is 5.82 Å². The second kappa shape index (κ2) is 10.7. The summed E-state index contributed by atoms with van der Waals surface area (Å²) in [5.41, 5.74) is 1.05. The third-order valence-corrected chi connectivity index (χ3v) is 8.48. The number of ether oxygens (including phenoxy) is 1. The molecule has 0 spiro atoms. The largest absolute Gasteiger partial charge is 0.462 e. The first kappa shape index (κ1) is 25.9. The van der Waals surface area contributed by atoms with Crippen molar-refractivity contribution in [1.29, 1.82) is 5.26 Å². The lowest BCUT2D eigenvalue weighted by molar-refractivity contribution is -0.123. The number of esters is 1. The molecule has 1 saturated heterocycles. The Bertz CT molecular complexity index is 1230. The zero-order chi connectivity index (χ0) is 25.0. The van der Waals surface area contributed by atoms with Gasteiger partial charge in [-0.2, -0.15) is 5.26 Å². The van der Waals surface area contributed by atoms with Crippen molar-refractivity contribution < 1.29 is 22.7 Å².